The molecule has 0 saturated carbocycles. The molecule has 4 rings (SSSR count). The molecule has 2 aromatic heterocycles. The lowest BCUT2D eigenvalue weighted by Gasteiger charge is -2.29. The topological polar surface area (TPSA) is 42.3 Å². The molecule has 6 heteroatoms. The van der Waals surface area contributed by atoms with E-state index in [0.717, 1.165) is 23.0 Å². The molecule has 1 aromatic carbocycles. The molecule has 0 spiro atoms. The summed E-state index contributed by atoms with van der Waals surface area (Å²) in [5.74, 6) is 0. The molecule has 3 heterocycles. The van der Waals surface area contributed by atoms with Crippen LogP contribution in [0.2, 0.25) is 0 Å². The first-order valence-corrected chi connectivity index (χ1v) is 11.1. The zero-order chi connectivity index (χ0) is 22.1. The number of pyridine rings is 1. The molecular formula is C25H30N4OS. The third-order valence-corrected chi connectivity index (χ3v) is 6.35. The molecule has 0 aliphatic carbocycles. The van der Waals surface area contributed by atoms with Gasteiger partial charge in [0.2, 0.25) is 0 Å². The Hall–Kier alpha value is -2.70. The van der Waals surface area contributed by atoms with Gasteiger partial charge in [-0.2, -0.15) is 0 Å². The quantitative estimate of drug-likeness (QED) is 0.557. The number of ether oxygens (including phenoxy) is 1. The predicted molar refractivity (Wildman–Crippen MR) is 130 cm³/mol. The van der Waals surface area contributed by atoms with Gasteiger partial charge < -0.3 is 19.5 Å². The molecule has 0 bridgehead atoms. The number of aryl methyl sites for hydroxylation is 3. The van der Waals surface area contributed by atoms with Crippen LogP contribution < -0.4 is 10.2 Å². The maximum absolute atomic E-state index is 5.88. The second-order valence-electron chi connectivity index (χ2n) is 8.31. The van der Waals surface area contributed by atoms with Crippen LogP contribution >= 0.6 is 12.2 Å². The van der Waals surface area contributed by atoms with Gasteiger partial charge in [0, 0.05) is 36.9 Å². The van der Waals surface area contributed by atoms with E-state index in [4.69, 9.17) is 17.0 Å². The Labute approximate surface area is 190 Å². The fourth-order valence-electron chi connectivity index (χ4n) is 4.69. The minimum Gasteiger partial charge on any atom is -0.383 e. The van der Waals surface area contributed by atoms with Crippen LogP contribution in [-0.2, 0) is 11.3 Å². The summed E-state index contributed by atoms with van der Waals surface area (Å²) in [7, 11) is 1.74. The van der Waals surface area contributed by atoms with Gasteiger partial charge in [-0.05, 0) is 86.9 Å². The van der Waals surface area contributed by atoms with E-state index in [-0.39, 0.29) is 12.1 Å². The number of nitrogens with zero attached hydrogens (tertiary/aromatic N) is 3. The standard InChI is InChI=1S/C25H30N4OS/c1-16-12-17(2)14-20(13-16)29-24(21-15-18(3)28(19(21)4)10-11-30-5)23(27-25(29)31)22-8-6-7-9-26-22/h6-9,12-15,23-24H,10-11H2,1-5H3,(H,27,31). The lowest BCUT2D eigenvalue weighted by atomic mass is 9.96. The molecule has 2 unspecified atom stereocenters. The number of hydrogen-bond acceptors (Lipinski definition) is 3. The average Bonchev–Trinajstić information content (AvgIpc) is 3.22. The van der Waals surface area contributed by atoms with E-state index in [1.54, 1.807) is 7.11 Å². The van der Waals surface area contributed by atoms with Crippen LogP contribution in [0.1, 0.15) is 45.9 Å². The third-order valence-electron chi connectivity index (χ3n) is 6.03. The van der Waals surface area contributed by atoms with Gasteiger partial charge in [-0.25, -0.2) is 0 Å². The fraction of sp³-hybridized carbons (Fsp3) is 0.360. The maximum Gasteiger partial charge on any atom is 0.174 e. The zero-order valence-corrected chi connectivity index (χ0v) is 19.7. The first kappa shape index (κ1) is 21.5. The van der Waals surface area contributed by atoms with Crippen molar-refractivity contribution in [3.63, 3.8) is 0 Å². The highest BCUT2D eigenvalue weighted by Gasteiger charge is 2.42. The van der Waals surface area contributed by atoms with Crippen LogP contribution in [0, 0.1) is 27.7 Å². The molecule has 5 nitrogen and oxygen atoms in total. The van der Waals surface area contributed by atoms with Crippen LogP contribution in [0.4, 0.5) is 5.69 Å². The Balaban J connectivity index is 1.86. The van der Waals surface area contributed by atoms with Gasteiger partial charge in [-0.15, -0.1) is 0 Å². The van der Waals surface area contributed by atoms with E-state index in [1.165, 1.54) is 28.1 Å². The Morgan fingerprint density at radius 3 is 2.45 bits per heavy atom. The molecular weight excluding hydrogens is 404 g/mol. The highest BCUT2D eigenvalue weighted by molar-refractivity contribution is 7.80. The summed E-state index contributed by atoms with van der Waals surface area (Å²) >= 11 is 5.88. The van der Waals surface area contributed by atoms with Crippen molar-refractivity contribution in [1.82, 2.24) is 14.9 Å². The van der Waals surface area contributed by atoms with Gasteiger partial charge in [0.1, 0.15) is 0 Å². The Morgan fingerprint density at radius 1 is 1.06 bits per heavy atom. The van der Waals surface area contributed by atoms with Crippen molar-refractivity contribution in [1.29, 1.82) is 0 Å². The summed E-state index contributed by atoms with van der Waals surface area (Å²) < 4.78 is 7.67. The van der Waals surface area contributed by atoms with E-state index in [0.29, 0.717) is 6.61 Å². The molecule has 1 saturated heterocycles. The SMILES string of the molecule is COCCn1c(C)cc(C2C(c3ccccn3)NC(=S)N2c2cc(C)cc(C)c2)c1C. The highest BCUT2D eigenvalue weighted by Crippen LogP contribution is 2.43. The van der Waals surface area contributed by atoms with Gasteiger partial charge in [-0.3, -0.25) is 4.98 Å². The molecule has 0 radical (unpaired) electrons. The van der Waals surface area contributed by atoms with E-state index in [2.05, 4.69) is 77.8 Å². The second kappa shape index (κ2) is 8.81. The van der Waals surface area contributed by atoms with Crippen LogP contribution in [-0.4, -0.2) is 28.4 Å². The third kappa shape index (κ3) is 4.10. The van der Waals surface area contributed by atoms with Gasteiger partial charge in [-0.1, -0.05) is 12.1 Å². The summed E-state index contributed by atoms with van der Waals surface area (Å²) in [5, 5.41) is 4.30. The number of benzene rings is 1. The second-order valence-corrected chi connectivity index (χ2v) is 8.70. The molecule has 1 aliphatic heterocycles. The number of rotatable bonds is 6. The molecule has 1 fully saturated rings. The summed E-state index contributed by atoms with van der Waals surface area (Å²) in [6.07, 6.45) is 1.85. The molecule has 0 amide bonds. The van der Waals surface area contributed by atoms with E-state index in [9.17, 15) is 0 Å². The fourth-order valence-corrected chi connectivity index (χ4v) is 5.04. The largest absolute Gasteiger partial charge is 0.383 e. The van der Waals surface area contributed by atoms with Crippen molar-refractivity contribution in [2.45, 2.75) is 46.3 Å². The molecule has 3 aromatic rings. The van der Waals surface area contributed by atoms with Crippen LogP contribution in [0.15, 0.2) is 48.7 Å². The molecule has 31 heavy (non-hydrogen) atoms. The lowest BCUT2D eigenvalue weighted by molar-refractivity contribution is 0.186. The van der Waals surface area contributed by atoms with Crippen molar-refractivity contribution in [3.05, 3.63) is 82.4 Å². The smallest absolute Gasteiger partial charge is 0.174 e. The van der Waals surface area contributed by atoms with Crippen LogP contribution in [0.25, 0.3) is 0 Å². The molecule has 1 N–H and O–H groups in total. The molecule has 1 aliphatic rings. The zero-order valence-electron chi connectivity index (χ0n) is 18.8. The minimum atomic E-state index is -0.0362. The Bertz CT molecular complexity index is 1070. The van der Waals surface area contributed by atoms with Gasteiger partial charge >= 0.3 is 0 Å². The van der Waals surface area contributed by atoms with Crippen molar-refractivity contribution in [3.8, 4) is 0 Å². The number of hydrogen-bond donors (Lipinski definition) is 1. The monoisotopic (exact) mass is 434 g/mol. The van der Waals surface area contributed by atoms with Crippen molar-refractivity contribution < 1.29 is 4.74 Å². The minimum absolute atomic E-state index is 0.00564. The summed E-state index contributed by atoms with van der Waals surface area (Å²) in [5.41, 5.74) is 8.27. The van der Waals surface area contributed by atoms with E-state index >= 15 is 0 Å². The number of anilines is 1. The first-order valence-electron chi connectivity index (χ1n) is 10.6. The van der Waals surface area contributed by atoms with Crippen LogP contribution in [0.5, 0.6) is 0 Å². The molecule has 2 atom stereocenters. The van der Waals surface area contributed by atoms with E-state index < -0.39 is 0 Å². The number of methoxy groups -OCH3 is 1. The van der Waals surface area contributed by atoms with Gasteiger partial charge in [0.15, 0.2) is 5.11 Å². The predicted octanol–water partition coefficient (Wildman–Crippen LogP) is 4.94. The van der Waals surface area contributed by atoms with E-state index in [1.807, 2.05) is 18.3 Å². The normalized spacial score (nSPS) is 18.5. The summed E-state index contributed by atoms with van der Waals surface area (Å²) in [6, 6.07) is 14.9. The van der Waals surface area contributed by atoms with Crippen molar-refractivity contribution in [2.75, 3.05) is 18.6 Å². The lowest BCUT2D eigenvalue weighted by Crippen LogP contribution is -2.29. The highest BCUT2D eigenvalue weighted by atomic mass is 32.1. The number of aromatic nitrogens is 2. The van der Waals surface area contributed by atoms with Crippen LogP contribution in [0.3, 0.4) is 0 Å². The Kier molecular flexibility index (Phi) is 6.12. The first-order chi connectivity index (χ1) is 14.9. The summed E-state index contributed by atoms with van der Waals surface area (Å²) in [6.45, 7) is 10.1. The maximum atomic E-state index is 5.88. The summed E-state index contributed by atoms with van der Waals surface area (Å²) in [4.78, 5) is 6.93. The number of nitrogens with one attached hydrogen (secondary N) is 1. The Morgan fingerprint density at radius 2 is 1.81 bits per heavy atom. The van der Waals surface area contributed by atoms with Gasteiger partial charge in [0.25, 0.3) is 0 Å². The van der Waals surface area contributed by atoms with Gasteiger partial charge in [0.05, 0.1) is 24.4 Å². The average molecular weight is 435 g/mol. The van der Waals surface area contributed by atoms with Crippen molar-refractivity contribution >= 4 is 23.0 Å². The number of thiocarbonyl (C=S) groups is 1. The van der Waals surface area contributed by atoms with Crippen molar-refractivity contribution in [2.24, 2.45) is 0 Å². The molecule has 162 valence electrons.